The molecule has 1 aliphatic rings. The molecule has 2 aromatic rings. The predicted molar refractivity (Wildman–Crippen MR) is 77.2 cm³/mol. The van der Waals surface area contributed by atoms with E-state index in [4.69, 9.17) is 0 Å². The van der Waals surface area contributed by atoms with E-state index in [0.717, 1.165) is 17.0 Å². The fraction of sp³-hybridized carbons (Fsp3) is 0.267. The maximum Gasteiger partial charge on any atom is 0.192 e. The van der Waals surface area contributed by atoms with Crippen LogP contribution in [0, 0.1) is 11.3 Å². The zero-order valence-electron chi connectivity index (χ0n) is 10.9. The van der Waals surface area contributed by atoms with Gasteiger partial charge in [-0.05, 0) is 48.4 Å². The summed E-state index contributed by atoms with van der Waals surface area (Å²) in [6, 6.07) is 10.7. The number of hydrogen-bond acceptors (Lipinski definition) is 5. The van der Waals surface area contributed by atoms with Crippen molar-refractivity contribution in [1.29, 1.82) is 5.26 Å². The van der Waals surface area contributed by atoms with Crippen molar-refractivity contribution in [3.63, 3.8) is 0 Å². The number of rotatable bonds is 5. The minimum absolute atomic E-state index is 0.660. The maximum atomic E-state index is 9.29. The molecular formula is C15H14N4S. The van der Waals surface area contributed by atoms with Crippen molar-refractivity contribution in [2.24, 2.45) is 0 Å². The Labute approximate surface area is 122 Å². The molecule has 0 unspecified atom stereocenters. The quantitative estimate of drug-likeness (QED) is 0.854. The van der Waals surface area contributed by atoms with Crippen LogP contribution >= 0.6 is 11.8 Å². The van der Waals surface area contributed by atoms with Gasteiger partial charge in [0.15, 0.2) is 5.16 Å². The number of benzene rings is 1. The van der Waals surface area contributed by atoms with Crippen LogP contribution in [0.25, 0.3) is 0 Å². The van der Waals surface area contributed by atoms with Crippen molar-refractivity contribution in [3.8, 4) is 6.07 Å². The number of hydrogen-bond donors (Lipinski definition) is 1. The summed E-state index contributed by atoms with van der Waals surface area (Å²) in [6.45, 7) is 0.826. The Hall–Kier alpha value is -1.90. The van der Waals surface area contributed by atoms with Gasteiger partial charge in [0.2, 0.25) is 0 Å². The summed E-state index contributed by atoms with van der Waals surface area (Å²) >= 11 is 1.42. The third-order valence-electron chi connectivity index (χ3n) is 3.08. The van der Waals surface area contributed by atoms with Crippen LogP contribution < -0.4 is 5.32 Å². The molecule has 0 saturated heterocycles. The zero-order chi connectivity index (χ0) is 13.8. The fourth-order valence-corrected chi connectivity index (χ4v) is 2.62. The second-order valence-electron chi connectivity index (χ2n) is 4.73. The van der Waals surface area contributed by atoms with E-state index in [1.54, 1.807) is 18.5 Å². The lowest BCUT2D eigenvalue weighted by Gasteiger charge is -2.07. The van der Waals surface area contributed by atoms with E-state index in [1.165, 1.54) is 24.6 Å². The molecular weight excluding hydrogens is 268 g/mol. The Morgan fingerprint density at radius 3 is 2.80 bits per heavy atom. The largest absolute Gasteiger partial charge is 0.310 e. The average molecular weight is 282 g/mol. The van der Waals surface area contributed by atoms with Crippen molar-refractivity contribution in [1.82, 2.24) is 15.3 Å². The molecule has 0 radical (unpaired) electrons. The lowest BCUT2D eigenvalue weighted by molar-refractivity contribution is 0.687. The molecule has 5 heteroatoms. The van der Waals surface area contributed by atoms with Gasteiger partial charge in [-0.1, -0.05) is 6.07 Å². The van der Waals surface area contributed by atoms with Gasteiger partial charge >= 0.3 is 0 Å². The maximum absolute atomic E-state index is 9.29. The monoisotopic (exact) mass is 282 g/mol. The summed E-state index contributed by atoms with van der Waals surface area (Å²) in [5, 5.41) is 13.4. The number of nitrogens with zero attached hydrogens (tertiary/aromatic N) is 3. The van der Waals surface area contributed by atoms with Gasteiger partial charge in [-0.2, -0.15) is 5.26 Å². The molecule has 20 heavy (non-hydrogen) atoms. The van der Waals surface area contributed by atoms with E-state index in [-0.39, 0.29) is 0 Å². The van der Waals surface area contributed by atoms with Crippen LogP contribution in [0.15, 0.2) is 46.7 Å². The lowest BCUT2D eigenvalue weighted by Crippen LogP contribution is -2.15. The van der Waals surface area contributed by atoms with E-state index in [2.05, 4.69) is 27.4 Å². The first-order valence-corrected chi connectivity index (χ1v) is 7.38. The van der Waals surface area contributed by atoms with E-state index < -0.39 is 0 Å². The van der Waals surface area contributed by atoms with Crippen LogP contribution in [0.1, 0.15) is 24.0 Å². The Balaban J connectivity index is 1.75. The highest BCUT2D eigenvalue weighted by atomic mass is 32.2. The third-order valence-corrected chi connectivity index (χ3v) is 4.05. The summed E-state index contributed by atoms with van der Waals surface area (Å²) in [4.78, 5) is 9.24. The third kappa shape index (κ3) is 3.35. The smallest absolute Gasteiger partial charge is 0.192 e. The molecule has 4 nitrogen and oxygen atoms in total. The van der Waals surface area contributed by atoms with Gasteiger partial charge in [-0.3, -0.25) is 0 Å². The molecule has 1 fully saturated rings. The molecule has 3 rings (SSSR count). The van der Waals surface area contributed by atoms with E-state index in [1.807, 2.05) is 12.1 Å². The summed E-state index contributed by atoms with van der Waals surface area (Å²) in [7, 11) is 0. The Bertz CT molecular complexity index is 632. The highest BCUT2D eigenvalue weighted by Gasteiger charge is 2.20. The molecule has 1 aliphatic carbocycles. The SMILES string of the molecule is N#Cc1cc(CNC2CC2)ccc1Sc1ncccn1. The first kappa shape index (κ1) is 13.1. The van der Waals surface area contributed by atoms with Gasteiger partial charge in [0.25, 0.3) is 0 Å². The second kappa shape index (κ2) is 6.04. The Morgan fingerprint density at radius 1 is 1.30 bits per heavy atom. The lowest BCUT2D eigenvalue weighted by atomic mass is 10.1. The van der Waals surface area contributed by atoms with Crippen LogP contribution in [0.2, 0.25) is 0 Å². The van der Waals surface area contributed by atoms with E-state index in [9.17, 15) is 5.26 Å². The van der Waals surface area contributed by atoms with Gasteiger partial charge in [0.1, 0.15) is 6.07 Å². The van der Waals surface area contributed by atoms with Gasteiger partial charge in [-0.25, -0.2) is 9.97 Å². The van der Waals surface area contributed by atoms with Crippen molar-refractivity contribution >= 4 is 11.8 Å². The normalized spacial score (nSPS) is 13.9. The molecule has 0 spiro atoms. The number of nitrogens with one attached hydrogen (secondary N) is 1. The summed E-state index contributed by atoms with van der Waals surface area (Å²) < 4.78 is 0. The number of nitriles is 1. The molecule has 1 N–H and O–H groups in total. The van der Waals surface area contributed by atoms with E-state index in [0.29, 0.717) is 16.8 Å². The van der Waals surface area contributed by atoms with Gasteiger partial charge < -0.3 is 5.32 Å². The van der Waals surface area contributed by atoms with Gasteiger partial charge in [0.05, 0.1) is 5.56 Å². The van der Waals surface area contributed by atoms with Crippen LogP contribution in [-0.4, -0.2) is 16.0 Å². The first-order chi connectivity index (χ1) is 9.85. The zero-order valence-corrected chi connectivity index (χ0v) is 11.7. The van der Waals surface area contributed by atoms with Crippen LogP contribution in [-0.2, 0) is 6.54 Å². The number of aromatic nitrogens is 2. The van der Waals surface area contributed by atoms with Gasteiger partial charge in [0, 0.05) is 29.9 Å². The molecule has 0 amide bonds. The highest BCUT2D eigenvalue weighted by molar-refractivity contribution is 7.99. The molecule has 0 aliphatic heterocycles. The fourth-order valence-electron chi connectivity index (χ4n) is 1.85. The van der Waals surface area contributed by atoms with Crippen molar-refractivity contribution in [3.05, 3.63) is 47.8 Å². The average Bonchev–Trinajstić information content (AvgIpc) is 3.31. The van der Waals surface area contributed by atoms with Crippen LogP contribution in [0.5, 0.6) is 0 Å². The summed E-state index contributed by atoms with van der Waals surface area (Å²) in [5.41, 5.74) is 1.82. The van der Waals surface area contributed by atoms with E-state index >= 15 is 0 Å². The summed E-state index contributed by atoms with van der Waals surface area (Å²) in [5.74, 6) is 0. The molecule has 1 heterocycles. The van der Waals surface area contributed by atoms with Crippen molar-refractivity contribution in [2.75, 3.05) is 0 Å². The van der Waals surface area contributed by atoms with Crippen molar-refractivity contribution in [2.45, 2.75) is 35.5 Å². The highest BCUT2D eigenvalue weighted by Crippen LogP contribution is 2.28. The first-order valence-electron chi connectivity index (χ1n) is 6.56. The molecule has 0 bridgehead atoms. The predicted octanol–water partition coefficient (Wildman–Crippen LogP) is 2.75. The second-order valence-corrected chi connectivity index (χ2v) is 5.74. The standard InChI is InChI=1S/C15H14N4S/c16-9-12-8-11(10-19-13-3-4-13)2-5-14(12)20-15-17-6-1-7-18-15/h1-2,5-8,13,19H,3-4,10H2. The van der Waals surface area contributed by atoms with Crippen molar-refractivity contribution < 1.29 is 0 Å². The molecule has 1 aromatic carbocycles. The van der Waals surface area contributed by atoms with Gasteiger partial charge in [-0.15, -0.1) is 0 Å². The molecule has 1 saturated carbocycles. The molecule has 0 atom stereocenters. The minimum Gasteiger partial charge on any atom is -0.310 e. The summed E-state index contributed by atoms with van der Waals surface area (Å²) in [6.07, 6.45) is 5.94. The Morgan fingerprint density at radius 2 is 2.10 bits per heavy atom. The van der Waals surface area contributed by atoms with Crippen LogP contribution in [0.4, 0.5) is 0 Å². The topological polar surface area (TPSA) is 61.6 Å². The Kier molecular flexibility index (Phi) is 3.95. The minimum atomic E-state index is 0.660. The molecule has 1 aromatic heterocycles. The molecule has 100 valence electrons. The van der Waals surface area contributed by atoms with Crippen LogP contribution in [0.3, 0.4) is 0 Å².